The summed E-state index contributed by atoms with van der Waals surface area (Å²) < 4.78 is 23.9. The number of aliphatic hydroxyl groups is 1. The standard InChI is InChI=1S/C75H149N2O6P/c1-6-8-10-12-14-16-18-20-22-24-26-28-29-30-31-32-33-34-35-36-37-38-39-40-41-42-43-44-45-46-47-49-51-53-55-57-59-61-63-65-67-69-75(79)76-73(72-83-84(80,81)82-71-70-77(3,4)5)74(78)68-66-64-62-60-58-56-54-52-50-48-27-25-23-21-19-17-15-13-11-9-7-2/h18,20,24,26,73-74,78H,6-17,19,21-23,25,27-72H2,1-5H3,(H-,76,79,80,81)/p+1/b20-18-,26-24-. The van der Waals surface area contributed by atoms with E-state index in [2.05, 4.69) is 43.5 Å². The maximum absolute atomic E-state index is 13.1. The van der Waals surface area contributed by atoms with Crippen LogP contribution < -0.4 is 5.32 Å². The predicted molar refractivity (Wildman–Crippen MR) is 369 cm³/mol. The highest BCUT2D eigenvalue weighted by Crippen LogP contribution is 2.43. The number of aliphatic hydroxyl groups excluding tert-OH is 1. The lowest BCUT2D eigenvalue weighted by Crippen LogP contribution is -2.46. The number of rotatable bonds is 71. The van der Waals surface area contributed by atoms with Crippen LogP contribution >= 0.6 is 7.82 Å². The fourth-order valence-electron chi connectivity index (χ4n) is 11.8. The van der Waals surface area contributed by atoms with Crippen molar-refractivity contribution in [1.29, 1.82) is 0 Å². The third kappa shape index (κ3) is 68.5. The number of carbonyl (C=O) groups excluding carboxylic acids is 1. The van der Waals surface area contributed by atoms with Crippen LogP contribution in [-0.4, -0.2) is 73.4 Å². The first kappa shape index (κ1) is 83.0. The molecule has 0 aromatic carbocycles. The number of hydrogen-bond donors (Lipinski definition) is 3. The summed E-state index contributed by atoms with van der Waals surface area (Å²) in [6.45, 7) is 4.94. The Kier molecular flexibility index (Phi) is 65.6. The van der Waals surface area contributed by atoms with E-state index >= 15 is 0 Å². The molecule has 0 bridgehead atoms. The quantitative estimate of drug-likeness (QED) is 0.0243. The molecule has 0 spiro atoms. The van der Waals surface area contributed by atoms with Gasteiger partial charge in [0.05, 0.1) is 39.9 Å². The fourth-order valence-corrected chi connectivity index (χ4v) is 12.6. The second-order valence-corrected chi connectivity index (χ2v) is 28.8. The monoisotopic (exact) mass is 1210 g/mol. The molecule has 500 valence electrons. The van der Waals surface area contributed by atoms with E-state index in [1.54, 1.807) is 0 Å². The van der Waals surface area contributed by atoms with Gasteiger partial charge in [-0.2, -0.15) is 0 Å². The summed E-state index contributed by atoms with van der Waals surface area (Å²) in [6, 6.07) is -0.758. The van der Waals surface area contributed by atoms with E-state index in [-0.39, 0.29) is 19.1 Å². The summed E-state index contributed by atoms with van der Waals surface area (Å²) in [7, 11) is 1.64. The number of allylic oxidation sites excluding steroid dienone is 4. The molecule has 0 rings (SSSR count). The van der Waals surface area contributed by atoms with Gasteiger partial charge in [0.25, 0.3) is 0 Å². The van der Waals surface area contributed by atoms with E-state index in [0.717, 1.165) is 44.9 Å². The van der Waals surface area contributed by atoms with Crippen LogP contribution in [0.3, 0.4) is 0 Å². The molecule has 3 unspecified atom stereocenters. The Labute approximate surface area is 525 Å². The van der Waals surface area contributed by atoms with E-state index < -0.39 is 20.0 Å². The van der Waals surface area contributed by atoms with Crippen molar-refractivity contribution in [3.05, 3.63) is 24.3 Å². The molecule has 0 aliphatic rings. The average molecular weight is 1210 g/mol. The Morgan fingerprint density at radius 2 is 0.679 bits per heavy atom. The molecule has 0 aromatic heterocycles. The molecule has 0 fully saturated rings. The second-order valence-electron chi connectivity index (χ2n) is 27.4. The van der Waals surface area contributed by atoms with Crippen molar-refractivity contribution in [2.75, 3.05) is 40.9 Å². The van der Waals surface area contributed by atoms with Crippen LogP contribution in [0.4, 0.5) is 0 Å². The van der Waals surface area contributed by atoms with E-state index in [1.165, 1.54) is 327 Å². The largest absolute Gasteiger partial charge is 0.472 e. The van der Waals surface area contributed by atoms with Gasteiger partial charge in [0, 0.05) is 6.42 Å². The van der Waals surface area contributed by atoms with Crippen LogP contribution in [0.1, 0.15) is 399 Å². The number of nitrogens with one attached hydrogen (secondary N) is 1. The van der Waals surface area contributed by atoms with Gasteiger partial charge in [-0.1, -0.05) is 372 Å². The van der Waals surface area contributed by atoms with E-state index in [1.807, 2.05) is 21.1 Å². The number of hydrogen-bond acceptors (Lipinski definition) is 5. The zero-order valence-electron chi connectivity index (χ0n) is 57.4. The maximum Gasteiger partial charge on any atom is 0.472 e. The van der Waals surface area contributed by atoms with Gasteiger partial charge in [-0.25, -0.2) is 4.57 Å². The maximum atomic E-state index is 13.1. The van der Waals surface area contributed by atoms with Gasteiger partial charge in [0.2, 0.25) is 5.91 Å². The topological polar surface area (TPSA) is 105 Å². The van der Waals surface area contributed by atoms with Crippen molar-refractivity contribution in [1.82, 2.24) is 5.32 Å². The number of carbonyl (C=O) groups is 1. The second kappa shape index (κ2) is 66.4. The zero-order valence-corrected chi connectivity index (χ0v) is 58.3. The number of quaternary nitrogens is 1. The summed E-state index contributed by atoms with van der Waals surface area (Å²) in [5.74, 6) is -0.134. The molecule has 0 heterocycles. The van der Waals surface area contributed by atoms with E-state index in [4.69, 9.17) is 9.05 Å². The van der Waals surface area contributed by atoms with E-state index in [0.29, 0.717) is 23.9 Å². The van der Waals surface area contributed by atoms with Crippen molar-refractivity contribution >= 4 is 13.7 Å². The summed E-state index contributed by atoms with van der Waals surface area (Å²) in [6.07, 6.45) is 87.4. The molecule has 8 nitrogen and oxygen atoms in total. The highest BCUT2D eigenvalue weighted by molar-refractivity contribution is 7.47. The van der Waals surface area contributed by atoms with Gasteiger partial charge in [0.1, 0.15) is 13.2 Å². The molecule has 0 saturated carbocycles. The SMILES string of the molecule is CCCCCCC/C=C\C/C=C\CCCCCCCCCCCCCCCCCCCCCCCCCCCCCCCC(=O)NC(COP(=O)(O)OCC[N+](C)(C)C)C(O)CCCCCCCCCCCCCCCCCCCCCCC. The van der Waals surface area contributed by atoms with Crippen molar-refractivity contribution in [2.45, 2.75) is 411 Å². The van der Waals surface area contributed by atoms with Gasteiger partial charge < -0.3 is 19.8 Å². The summed E-state index contributed by atoms with van der Waals surface area (Å²) in [4.78, 5) is 23.5. The molecule has 0 saturated heterocycles. The number of likely N-dealkylation sites (N-methyl/N-ethyl adjacent to an activating group) is 1. The van der Waals surface area contributed by atoms with Crippen LogP contribution in [0.25, 0.3) is 0 Å². The third-order valence-electron chi connectivity index (χ3n) is 17.7. The molecule has 0 aliphatic carbocycles. The molecule has 0 aromatic rings. The molecule has 84 heavy (non-hydrogen) atoms. The van der Waals surface area contributed by atoms with Crippen molar-refractivity contribution in [2.24, 2.45) is 0 Å². The Morgan fingerprint density at radius 1 is 0.405 bits per heavy atom. The Morgan fingerprint density at radius 3 is 0.976 bits per heavy atom. The fraction of sp³-hybridized carbons (Fsp3) is 0.933. The van der Waals surface area contributed by atoms with Crippen LogP contribution in [0, 0.1) is 0 Å². The van der Waals surface area contributed by atoms with Crippen LogP contribution in [0.15, 0.2) is 24.3 Å². The molecule has 1 amide bonds. The predicted octanol–water partition coefficient (Wildman–Crippen LogP) is 24.2. The number of phosphoric ester groups is 1. The molecule has 3 atom stereocenters. The lowest BCUT2D eigenvalue weighted by Gasteiger charge is -2.26. The van der Waals surface area contributed by atoms with Gasteiger partial charge >= 0.3 is 7.82 Å². The number of unbranched alkanes of at least 4 members (excludes halogenated alkanes) is 54. The molecule has 0 aliphatic heterocycles. The smallest absolute Gasteiger partial charge is 0.391 e. The van der Waals surface area contributed by atoms with Gasteiger partial charge in [-0.3, -0.25) is 13.8 Å². The van der Waals surface area contributed by atoms with Crippen molar-refractivity contribution < 1.29 is 32.9 Å². The minimum atomic E-state index is -4.33. The van der Waals surface area contributed by atoms with Crippen molar-refractivity contribution in [3.8, 4) is 0 Å². The van der Waals surface area contributed by atoms with E-state index in [9.17, 15) is 19.4 Å². The first-order valence-electron chi connectivity index (χ1n) is 37.7. The first-order valence-corrected chi connectivity index (χ1v) is 39.2. The highest BCUT2D eigenvalue weighted by atomic mass is 31.2. The Bertz CT molecular complexity index is 1420. The number of amides is 1. The molecule has 3 N–H and O–H groups in total. The molecular weight excluding hydrogens is 1060 g/mol. The van der Waals surface area contributed by atoms with Crippen LogP contribution in [0.5, 0.6) is 0 Å². The molecule has 9 heteroatoms. The zero-order chi connectivity index (χ0) is 61.2. The minimum absolute atomic E-state index is 0.0783. The normalized spacial score (nSPS) is 13.7. The summed E-state index contributed by atoms with van der Waals surface area (Å²) in [5, 5.41) is 14.2. The third-order valence-corrected chi connectivity index (χ3v) is 18.7. The van der Waals surface area contributed by atoms with Crippen LogP contribution in [-0.2, 0) is 18.4 Å². The molecular formula is C75H150N2O6P+. The minimum Gasteiger partial charge on any atom is -0.391 e. The average Bonchev–Trinajstić information content (AvgIpc) is 3.56. The van der Waals surface area contributed by atoms with Gasteiger partial charge in [-0.05, 0) is 44.9 Å². The Hall–Kier alpha value is -1.02. The molecule has 0 radical (unpaired) electrons. The Balaban J connectivity index is 3.85. The van der Waals surface area contributed by atoms with Gasteiger partial charge in [-0.15, -0.1) is 0 Å². The highest BCUT2D eigenvalue weighted by Gasteiger charge is 2.28. The van der Waals surface area contributed by atoms with Crippen LogP contribution in [0.2, 0.25) is 0 Å². The first-order chi connectivity index (χ1) is 41.0. The number of phosphoric acid groups is 1. The summed E-state index contributed by atoms with van der Waals surface area (Å²) >= 11 is 0. The van der Waals surface area contributed by atoms with Crippen molar-refractivity contribution in [3.63, 3.8) is 0 Å². The van der Waals surface area contributed by atoms with Gasteiger partial charge in [0.15, 0.2) is 0 Å². The number of nitrogens with zero attached hydrogens (tertiary/aromatic N) is 1. The lowest BCUT2D eigenvalue weighted by molar-refractivity contribution is -0.870. The summed E-state index contributed by atoms with van der Waals surface area (Å²) in [5.41, 5.74) is 0. The lowest BCUT2D eigenvalue weighted by atomic mass is 10.0.